The van der Waals surface area contributed by atoms with E-state index in [0.29, 0.717) is 5.75 Å². The maximum absolute atomic E-state index is 13.6. The SMILES string of the molecule is COc1ccc([C@@H](C)N2CCNCC2)cc1F.Cl. The minimum absolute atomic E-state index is 0. The van der Waals surface area contributed by atoms with Gasteiger partial charge in [0.05, 0.1) is 7.11 Å². The lowest BCUT2D eigenvalue weighted by atomic mass is 10.1. The molecule has 0 aliphatic carbocycles. The zero-order valence-corrected chi connectivity index (χ0v) is 11.6. The molecule has 3 nitrogen and oxygen atoms in total. The first kappa shape index (κ1) is 15.2. The van der Waals surface area contributed by atoms with Crippen molar-refractivity contribution in [2.45, 2.75) is 13.0 Å². The molecule has 0 bridgehead atoms. The molecular weight excluding hydrogens is 255 g/mol. The molecule has 1 saturated heterocycles. The highest BCUT2D eigenvalue weighted by atomic mass is 35.5. The number of nitrogens with zero attached hydrogens (tertiary/aromatic N) is 1. The van der Waals surface area contributed by atoms with Crippen LogP contribution in [0.3, 0.4) is 0 Å². The lowest BCUT2D eigenvalue weighted by molar-refractivity contribution is 0.185. The van der Waals surface area contributed by atoms with Gasteiger partial charge in [-0.1, -0.05) is 6.07 Å². The molecule has 0 spiro atoms. The lowest BCUT2D eigenvalue weighted by Crippen LogP contribution is -2.44. The van der Waals surface area contributed by atoms with Crippen molar-refractivity contribution in [3.63, 3.8) is 0 Å². The Labute approximate surface area is 114 Å². The quantitative estimate of drug-likeness (QED) is 0.915. The Bertz CT molecular complexity index is 383. The van der Waals surface area contributed by atoms with E-state index in [1.807, 2.05) is 6.07 Å². The van der Waals surface area contributed by atoms with Gasteiger partial charge < -0.3 is 10.1 Å². The molecule has 1 aromatic rings. The first-order valence-corrected chi connectivity index (χ1v) is 6.00. The van der Waals surface area contributed by atoms with Gasteiger partial charge >= 0.3 is 0 Å². The van der Waals surface area contributed by atoms with Crippen LogP contribution in [0.25, 0.3) is 0 Å². The molecule has 1 atom stereocenters. The normalized spacial score (nSPS) is 17.9. The van der Waals surface area contributed by atoms with Crippen molar-refractivity contribution >= 4 is 12.4 Å². The van der Waals surface area contributed by atoms with Gasteiger partial charge in [0, 0.05) is 32.2 Å². The van der Waals surface area contributed by atoms with Crippen LogP contribution in [-0.2, 0) is 0 Å². The van der Waals surface area contributed by atoms with Crippen LogP contribution in [0.5, 0.6) is 5.75 Å². The topological polar surface area (TPSA) is 24.5 Å². The first-order valence-electron chi connectivity index (χ1n) is 6.00. The van der Waals surface area contributed by atoms with Crippen LogP contribution in [0.4, 0.5) is 4.39 Å². The fourth-order valence-corrected chi connectivity index (χ4v) is 2.22. The van der Waals surface area contributed by atoms with Crippen LogP contribution in [0.15, 0.2) is 18.2 Å². The molecule has 0 aromatic heterocycles. The van der Waals surface area contributed by atoms with Crippen LogP contribution in [0.2, 0.25) is 0 Å². The molecule has 1 fully saturated rings. The highest BCUT2D eigenvalue weighted by Crippen LogP contribution is 2.25. The number of hydrogen-bond donors (Lipinski definition) is 1. The molecule has 0 saturated carbocycles. The molecule has 5 heteroatoms. The van der Waals surface area contributed by atoms with Crippen LogP contribution >= 0.6 is 12.4 Å². The van der Waals surface area contributed by atoms with Gasteiger partial charge in [-0.15, -0.1) is 12.4 Å². The van der Waals surface area contributed by atoms with Crippen molar-refractivity contribution in [1.29, 1.82) is 0 Å². The van der Waals surface area contributed by atoms with Gasteiger partial charge in [0.25, 0.3) is 0 Å². The van der Waals surface area contributed by atoms with Gasteiger partial charge in [-0.25, -0.2) is 4.39 Å². The van der Waals surface area contributed by atoms with Gasteiger partial charge in [0.2, 0.25) is 0 Å². The highest BCUT2D eigenvalue weighted by molar-refractivity contribution is 5.85. The summed E-state index contributed by atoms with van der Waals surface area (Å²) in [5.74, 6) is 0.0215. The average molecular weight is 275 g/mol. The van der Waals surface area contributed by atoms with E-state index >= 15 is 0 Å². The van der Waals surface area contributed by atoms with Crippen molar-refractivity contribution in [3.05, 3.63) is 29.6 Å². The third-order valence-corrected chi connectivity index (χ3v) is 3.36. The van der Waals surface area contributed by atoms with Crippen LogP contribution in [0, 0.1) is 5.82 Å². The third kappa shape index (κ3) is 3.34. The van der Waals surface area contributed by atoms with Gasteiger partial charge in [-0.05, 0) is 24.6 Å². The maximum atomic E-state index is 13.6. The van der Waals surface area contributed by atoms with Crippen LogP contribution in [-0.4, -0.2) is 38.2 Å². The number of methoxy groups -OCH3 is 1. The Morgan fingerprint density at radius 3 is 2.56 bits per heavy atom. The second-order valence-electron chi connectivity index (χ2n) is 4.36. The van der Waals surface area contributed by atoms with Crippen LogP contribution < -0.4 is 10.1 Å². The zero-order chi connectivity index (χ0) is 12.3. The molecule has 1 aromatic carbocycles. The van der Waals surface area contributed by atoms with Crippen molar-refractivity contribution < 1.29 is 9.13 Å². The summed E-state index contributed by atoms with van der Waals surface area (Å²) in [4.78, 5) is 2.36. The van der Waals surface area contributed by atoms with E-state index in [1.54, 1.807) is 12.1 Å². The summed E-state index contributed by atoms with van der Waals surface area (Å²) in [5, 5.41) is 3.31. The zero-order valence-electron chi connectivity index (χ0n) is 10.8. The maximum Gasteiger partial charge on any atom is 0.165 e. The Morgan fingerprint density at radius 1 is 1.33 bits per heavy atom. The number of piperazine rings is 1. The predicted octanol–water partition coefficient (Wildman–Crippen LogP) is 2.22. The van der Waals surface area contributed by atoms with Gasteiger partial charge in [-0.2, -0.15) is 0 Å². The molecule has 18 heavy (non-hydrogen) atoms. The summed E-state index contributed by atoms with van der Waals surface area (Å²) < 4.78 is 18.5. The van der Waals surface area contributed by atoms with Crippen molar-refractivity contribution in [3.8, 4) is 5.75 Å². The van der Waals surface area contributed by atoms with Crippen molar-refractivity contribution in [2.24, 2.45) is 0 Å². The molecule has 0 amide bonds. The Balaban J connectivity index is 0.00000162. The van der Waals surface area contributed by atoms with Gasteiger partial charge in [-0.3, -0.25) is 4.90 Å². The Hall–Kier alpha value is -0.840. The molecule has 0 unspecified atom stereocenters. The summed E-state index contributed by atoms with van der Waals surface area (Å²) in [6.07, 6.45) is 0. The number of rotatable bonds is 3. The van der Waals surface area contributed by atoms with Crippen LogP contribution in [0.1, 0.15) is 18.5 Å². The molecule has 1 aliphatic heterocycles. The smallest absolute Gasteiger partial charge is 0.165 e. The standard InChI is InChI=1S/C13H19FN2O.ClH/c1-10(16-7-5-15-6-8-16)11-3-4-13(17-2)12(14)9-11;/h3-4,9-10,15H,5-8H2,1-2H3;1H/t10-;/m1./s1. The number of benzene rings is 1. The Morgan fingerprint density at radius 2 is 2.00 bits per heavy atom. The predicted molar refractivity (Wildman–Crippen MR) is 73.1 cm³/mol. The molecule has 1 aliphatic rings. The molecule has 1 N–H and O–H groups in total. The summed E-state index contributed by atoms with van der Waals surface area (Å²) in [6, 6.07) is 5.46. The molecule has 2 rings (SSSR count). The average Bonchev–Trinajstić information content (AvgIpc) is 2.39. The van der Waals surface area contributed by atoms with E-state index in [2.05, 4.69) is 17.1 Å². The largest absolute Gasteiger partial charge is 0.494 e. The van der Waals surface area contributed by atoms with E-state index in [9.17, 15) is 4.39 Å². The van der Waals surface area contributed by atoms with Crippen molar-refractivity contribution in [2.75, 3.05) is 33.3 Å². The van der Waals surface area contributed by atoms with Crippen molar-refractivity contribution in [1.82, 2.24) is 10.2 Å². The molecule has 102 valence electrons. The van der Waals surface area contributed by atoms with E-state index in [0.717, 1.165) is 31.7 Å². The minimum Gasteiger partial charge on any atom is -0.494 e. The number of ether oxygens (including phenoxy) is 1. The summed E-state index contributed by atoms with van der Waals surface area (Å²) in [7, 11) is 1.48. The highest BCUT2D eigenvalue weighted by Gasteiger charge is 2.18. The number of hydrogen-bond acceptors (Lipinski definition) is 3. The summed E-state index contributed by atoms with van der Waals surface area (Å²) >= 11 is 0. The molecule has 1 heterocycles. The van der Waals surface area contributed by atoms with E-state index in [-0.39, 0.29) is 24.3 Å². The van der Waals surface area contributed by atoms with Gasteiger partial charge in [0.15, 0.2) is 11.6 Å². The second kappa shape index (κ2) is 6.92. The Kier molecular flexibility index (Phi) is 5.85. The monoisotopic (exact) mass is 274 g/mol. The fraction of sp³-hybridized carbons (Fsp3) is 0.538. The van der Waals surface area contributed by atoms with E-state index in [1.165, 1.54) is 7.11 Å². The fourth-order valence-electron chi connectivity index (χ4n) is 2.22. The summed E-state index contributed by atoms with van der Waals surface area (Å²) in [6.45, 7) is 6.14. The molecular formula is C13H20ClFN2O. The number of halogens is 2. The van der Waals surface area contributed by atoms with E-state index < -0.39 is 0 Å². The molecule has 0 radical (unpaired) electrons. The number of nitrogens with one attached hydrogen (secondary N) is 1. The second-order valence-corrected chi connectivity index (χ2v) is 4.36. The van der Waals surface area contributed by atoms with E-state index in [4.69, 9.17) is 4.74 Å². The van der Waals surface area contributed by atoms with Gasteiger partial charge in [0.1, 0.15) is 0 Å². The lowest BCUT2D eigenvalue weighted by Gasteiger charge is -2.33. The first-order chi connectivity index (χ1) is 8.22. The third-order valence-electron chi connectivity index (χ3n) is 3.36. The summed E-state index contributed by atoms with van der Waals surface area (Å²) in [5.41, 5.74) is 1.00. The minimum atomic E-state index is -0.285.